The smallest absolute Gasteiger partial charge is 0.164 e. The Balaban J connectivity index is 1.33. The van der Waals surface area contributed by atoms with Crippen LogP contribution < -0.4 is 0 Å². The molecular weight excluding hydrogens is 466 g/mol. The highest BCUT2D eigenvalue weighted by Gasteiger charge is 2.13. The highest BCUT2D eigenvalue weighted by atomic mass is 15.0. The standard InChI is InChI=1S/C33H21N5/c1-3-8-24(9-4-1)31-36-32(25-10-5-2-6-11-25)38-33(37-31)26-15-13-22(14-16-26)27-19-21-35-30-28(27)18-17-23-12-7-20-34-29(23)30/h1-21H. The highest BCUT2D eigenvalue weighted by Crippen LogP contribution is 2.32. The van der Waals surface area contributed by atoms with Gasteiger partial charge in [-0.25, -0.2) is 15.0 Å². The maximum absolute atomic E-state index is 4.85. The van der Waals surface area contributed by atoms with Crippen molar-refractivity contribution in [3.8, 4) is 45.3 Å². The predicted octanol–water partition coefficient (Wildman–Crippen LogP) is 7.64. The molecule has 7 rings (SSSR count). The maximum atomic E-state index is 4.85. The second-order valence-electron chi connectivity index (χ2n) is 9.01. The minimum Gasteiger partial charge on any atom is -0.254 e. The van der Waals surface area contributed by atoms with Crippen molar-refractivity contribution in [1.29, 1.82) is 0 Å². The largest absolute Gasteiger partial charge is 0.254 e. The van der Waals surface area contributed by atoms with E-state index in [9.17, 15) is 0 Å². The van der Waals surface area contributed by atoms with Crippen LogP contribution in [-0.2, 0) is 0 Å². The van der Waals surface area contributed by atoms with Crippen LogP contribution in [0.25, 0.3) is 67.1 Å². The molecule has 5 nitrogen and oxygen atoms in total. The number of fused-ring (bicyclic) bond motifs is 3. The van der Waals surface area contributed by atoms with E-state index in [1.165, 1.54) is 0 Å². The van der Waals surface area contributed by atoms with Gasteiger partial charge >= 0.3 is 0 Å². The zero-order chi connectivity index (χ0) is 25.3. The van der Waals surface area contributed by atoms with E-state index in [-0.39, 0.29) is 0 Å². The second-order valence-corrected chi connectivity index (χ2v) is 9.01. The number of nitrogens with zero attached hydrogens (tertiary/aromatic N) is 5. The van der Waals surface area contributed by atoms with Crippen LogP contribution in [0.1, 0.15) is 0 Å². The molecule has 5 heteroatoms. The summed E-state index contributed by atoms with van der Waals surface area (Å²) in [6, 6.07) is 38.7. The Morgan fingerprint density at radius 3 is 1.55 bits per heavy atom. The molecule has 178 valence electrons. The van der Waals surface area contributed by atoms with Crippen molar-refractivity contribution in [2.45, 2.75) is 0 Å². The molecule has 0 N–H and O–H groups in total. The fraction of sp³-hybridized carbons (Fsp3) is 0. The van der Waals surface area contributed by atoms with Crippen LogP contribution in [0, 0.1) is 0 Å². The van der Waals surface area contributed by atoms with Crippen LogP contribution in [0.15, 0.2) is 128 Å². The van der Waals surface area contributed by atoms with Crippen LogP contribution in [-0.4, -0.2) is 24.9 Å². The summed E-state index contributed by atoms with van der Waals surface area (Å²) < 4.78 is 0. The van der Waals surface area contributed by atoms with Crippen LogP contribution in [0.3, 0.4) is 0 Å². The van der Waals surface area contributed by atoms with Crippen molar-refractivity contribution in [3.05, 3.63) is 128 Å². The lowest BCUT2D eigenvalue weighted by Crippen LogP contribution is -2.00. The fourth-order valence-corrected chi connectivity index (χ4v) is 4.74. The van der Waals surface area contributed by atoms with Crippen molar-refractivity contribution >= 4 is 21.8 Å². The SMILES string of the molecule is c1ccc(-c2nc(-c3ccccc3)nc(-c3ccc(-c4ccnc5c4ccc4cccnc45)cc3)n2)cc1. The maximum Gasteiger partial charge on any atom is 0.164 e. The van der Waals surface area contributed by atoms with Gasteiger partial charge < -0.3 is 0 Å². The van der Waals surface area contributed by atoms with Gasteiger partial charge in [-0.2, -0.15) is 0 Å². The van der Waals surface area contributed by atoms with Crippen LogP contribution in [0.2, 0.25) is 0 Å². The zero-order valence-electron chi connectivity index (χ0n) is 20.4. The highest BCUT2D eigenvalue weighted by molar-refractivity contribution is 6.08. The molecule has 0 bridgehead atoms. The van der Waals surface area contributed by atoms with E-state index in [1.54, 1.807) is 0 Å². The predicted molar refractivity (Wildman–Crippen MR) is 152 cm³/mol. The molecule has 0 fully saturated rings. The Bertz CT molecular complexity index is 1840. The lowest BCUT2D eigenvalue weighted by atomic mass is 9.99. The van der Waals surface area contributed by atoms with E-state index in [0.717, 1.165) is 49.6 Å². The van der Waals surface area contributed by atoms with E-state index >= 15 is 0 Å². The second kappa shape index (κ2) is 9.30. The summed E-state index contributed by atoms with van der Waals surface area (Å²) in [5.74, 6) is 1.94. The van der Waals surface area contributed by atoms with E-state index in [0.29, 0.717) is 17.5 Å². The molecule has 0 atom stereocenters. The van der Waals surface area contributed by atoms with Gasteiger partial charge in [0.05, 0.1) is 11.0 Å². The summed E-state index contributed by atoms with van der Waals surface area (Å²) in [4.78, 5) is 23.7. The summed E-state index contributed by atoms with van der Waals surface area (Å²) in [7, 11) is 0. The van der Waals surface area contributed by atoms with Gasteiger partial charge in [0.1, 0.15) is 0 Å². The number of aromatic nitrogens is 5. The van der Waals surface area contributed by atoms with Crippen molar-refractivity contribution in [3.63, 3.8) is 0 Å². The molecule has 0 amide bonds. The summed E-state index contributed by atoms with van der Waals surface area (Å²) in [5.41, 5.74) is 6.86. The lowest BCUT2D eigenvalue weighted by molar-refractivity contribution is 1.07. The summed E-state index contributed by atoms with van der Waals surface area (Å²) in [6.07, 6.45) is 3.66. The zero-order valence-corrected chi connectivity index (χ0v) is 20.4. The normalized spacial score (nSPS) is 11.2. The first kappa shape index (κ1) is 21.9. The van der Waals surface area contributed by atoms with Gasteiger partial charge in [-0.15, -0.1) is 0 Å². The van der Waals surface area contributed by atoms with E-state index in [1.807, 2.05) is 79.1 Å². The minimum absolute atomic E-state index is 0.638. The molecule has 0 aliphatic heterocycles. The van der Waals surface area contributed by atoms with Crippen LogP contribution >= 0.6 is 0 Å². The van der Waals surface area contributed by atoms with Gasteiger partial charge in [-0.3, -0.25) is 9.97 Å². The van der Waals surface area contributed by atoms with E-state index < -0.39 is 0 Å². The van der Waals surface area contributed by atoms with Gasteiger partial charge in [0, 0.05) is 39.9 Å². The third-order valence-electron chi connectivity index (χ3n) is 6.64. The summed E-state index contributed by atoms with van der Waals surface area (Å²) in [6.45, 7) is 0. The van der Waals surface area contributed by atoms with Crippen molar-refractivity contribution in [2.24, 2.45) is 0 Å². The molecule has 0 aliphatic rings. The third-order valence-corrected chi connectivity index (χ3v) is 6.64. The molecular formula is C33H21N5. The third kappa shape index (κ3) is 3.96. The molecule has 3 aromatic heterocycles. The average Bonchev–Trinajstić information content (AvgIpc) is 3.01. The van der Waals surface area contributed by atoms with Gasteiger partial charge in [-0.1, -0.05) is 103 Å². The summed E-state index contributed by atoms with van der Waals surface area (Å²) >= 11 is 0. The number of rotatable bonds is 4. The van der Waals surface area contributed by atoms with Crippen molar-refractivity contribution < 1.29 is 0 Å². The molecule has 0 aliphatic carbocycles. The lowest BCUT2D eigenvalue weighted by Gasteiger charge is -2.10. The average molecular weight is 488 g/mol. The number of hydrogen-bond donors (Lipinski definition) is 0. The molecule has 0 saturated heterocycles. The molecule has 0 spiro atoms. The molecule has 0 radical (unpaired) electrons. The van der Waals surface area contributed by atoms with Crippen molar-refractivity contribution in [2.75, 3.05) is 0 Å². The number of hydrogen-bond acceptors (Lipinski definition) is 5. The Morgan fingerprint density at radius 2 is 0.921 bits per heavy atom. The molecule has 7 aromatic rings. The molecule has 0 saturated carbocycles. The Morgan fingerprint density at radius 1 is 0.368 bits per heavy atom. The van der Waals surface area contributed by atoms with Gasteiger partial charge in [0.2, 0.25) is 0 Å². The Hall–Kier alpha value is -5.29. The van der Waals surface area contributed by atoms with Crippen LogP contribution in [0.5, 0.6) is 0 Å². The molecule has 4 aromatic carbocycles. The number of pyridine rings is 2. The Kier molecular flexibility index (Phi) is 5.37. The van der Waals surface area contributed by atoms with Crippen molar-refractivity contribution in [1.82, 2.24) is 24.9 Å². The summed E-state index contributed by atoms with van der Waals surface area (Å²) in [5, 5.41) is 2.16. The molecule has 0 unspecified atom stereocenters. The quantitative estimate of drug-likeness (QED) is 0.239. The monoisotopic (exact) mass is 487 g/mol. The number of benzene rings is 4. The van der Waals surface area contributed by atoms with Gasteiger partial charge in [-0.05, 0) is 23.3 Å². The Labute approximate surface area is 219 Å². The first-order valence-electron chi connectivity index (χ1n) is 12.4. The minimum atomic E-state index is 0.638. The van der Waals surface area contributed by atoms with Gasteiger partial charge in [0.15, 0.2) is 17.5 Å². The first-order valence-corrected chi connectivity index (χ1v) is 12.4. The molecule has 3 heterocycles. The fourth-order valence-electron chi connectivity index (χ4n) is 4.74. The van der Waals surface area contributed by atoms with E-state index in [2.05, 4.69) is 58.5 Å². The van der Waals surface area contributed by atoms with Gasteiger partial charge in [0.25, 0.3) is 0 Å². The first-order chi connectivity index (χ1) is 18.8. The van der Waals surface area contributed by atoms with E-state index in [4.69, 9.17) is 15.0 Å². The van der Waals surface area contributed by atoms with Crippen LogP contribution in [0.4, 0.5) is 0 Å². The topological polar surface area (TPSA) is 64.5 Å². The molecule has 38 heavy (non-hydrogen) atoms.